The topological polar surface area (TPSA) is 55.5 Å². The van der Waals surface area contributed by atoms with Crippen molar-refractivity contribution < 1.29 is 9.84 Å². The van der Waals surface area contributed by atoms with Crippen LogP contribution in [0.4, 0.5) is 0 Å². The highest BCUT2D eigenvalue weighted by Crippen LogP contribution is 2.46. The predicted octanol–water partition coefficient (Wildman–Crippen LogP) is 1.29. The molecule has 1 fully saturated rings. The van der Waals surface area contributed by atoms with E-state index in [1.54, 1.807) is 6.92 Å². The second-order valence-electron chi connectivity index (χ2n) is 5.78. The van der Waals surface area contributed by atoms with Gasteiger partial charge in [0.2, 0.25) is 0 Å². The Labute approximate surface area is 86.6 Å². The molecule has 0 saturated carbocycles. The molecule has 0 bridgehead atoms. The zero-order valence-electron chi connectivity index (χ0n) is 9.92. The number of aliphatic hydroxyl groups is 1. The summed E-state index contributed by atoms with van der Waals surface area (Å²) in [5, 5.41) is 10.2. The molecule has 3 nitrogen and oxygen atoms in total. The third-order valence-electron chi connectivity index (χ3n) is 3.24. The Bertz CT molecular complexity index is 221. The molecule has 1 rings (SSSR count). The van der Waals surface area contributed by atoms with Crippen LogP contribution in [0.3, 0.4) is 0 Å². The van der Waals surface area contributed by atoms with E-state index in [2.05, 4.69) is 13.8 Å². The van der Waals surface area contributed by atoms with Crippen molar-refractivity contribution in [1.29, 1.82) is 0 Å². The van der Waals surface area contributed by atoms with Gasteiger partial charge in [0, 0.05) is 12.5 Å². The molecule has 1 heterocycles. The minimum Gasteiger partial charge on any atom is -0.388 e. The van der Waals surface area contributed by atoms with Gasteiger partial charge in [-0.3, -0.25) is 0 Å². The van der Waals surface area contributed by atoms with Gasteiger partial charge in [0.15, 0.2) is 0 Å². The summed E-state index contributed by atoms with van der Waals surface area (Å²) in [4.78, 5) is 0. The molecule has 0 aromatic heterocycles. The highest BCUT2D eigenvalue weighted by molar-refractivity contribution is 5.02. The Hall–Kier alpha value is -0.120. The fourth-order valence-electron chi connectivity index (χ4n) is 2.67. The number of hydrogen-bond acceptors (Lipinski definition) is 3. The van der Waals surface area contributed by atoms with Gasteiger partial charge in [0.25, 0.3) is 0 Å². The molecule has 0 aromatic rings. The monoisotopic (exact) mass is 201 g/mol. The number of hydrogen-bond donors (Lipinski definition) is 2. The molecule has 0 radical (unpaired) electrons. The minimum atomic E-state index is -0.836. The SMILES string of the molecule is CC1(C)CC(C(C)(O)CN)C(C)(C)O1. The molecular weight excluding hydrogens is 178 g/mol. The molecule has 84 valence electrons. The number of ether oxygens (including phenoxy) is 1. The lowest BCUT2D eigenvalue weighted by molar-refractivity contribution is -0.105. The molecule has 0 spiro atoms. The van der Waals surface area contributed by atoms with E-state index in [1.165, 1.54) is 0 Å². The molecule has 0 aromatic carbocycles. The fourth-order valence-corrected chi connectivity index (χ4v) is 2.67. The third-order valence-corrected chi connectivity index (χ3v) is 3.24. The van der Waals surface area contributed by atoms with Gasteiger partial charge < -0.3 is 15.6 Å². The van der Waals surface area contributed by atoms with Crippen molar-refractivity contribution in [2.24, 2.45) is 11.7 Å². The van der Waals surface area contributed by atoms with E-state index in [4.69, 9.17) is 10.5 Å². The van der Waals surface area contributed by atoms with Crippen molar-refractivity contribution in [3.63, 3.8) is 0 Å². The molecule has 3 N–H and O–H groups in total. The Morgan fingerprint density at radius 3 is 2.21 bits per heavy atom. The highest BCUT2D eigenvalue weighted by Gasteiger charge is 2.52. The fraction of sp³-hybridized carbons (Fsp3) is 1.00. The normalized spacial score (nSPS) is 34.1. The zero-order valence-corrected chi connectivity index (χ0v) is 9.92. The van der Waals surface area contributed by atoms with Gasteiger partial charge >= 0.3 is 0 Å². The maximum atomic E-state index is 10.2. The van der Waals surface area contributed by atoms with E-state index >= 15 is 0 Å². The summed E-state index contributed by atoms with van der Waals surface area (Å²) in [5.41, 5.74) is 4.30. The summed E-state index contributed by atoms with van der Waals surface area (Å²) in [6.07, 6.45) is 0.851. The van der Waals surface area contributed by atoms with Gasteiger partial charge in [-0.1, -0.05) is 0 Å². The second kappa shape index (κ2) is 3.19. The summed E-state index contributed by atoms with van der Waals surface area (Å²) in [7, 11) is 0. The second-order valence-corrected chi connectivity index (χ2v) is 5.78. The van der Waals surface area contributed by atoms with Crippen LogP contribution in [-0.4, -0.2) is 28.5 Å². The van der Waals surface area contributed by atoms with Crippen LogP contribution in [0.5, 0.6) is 0 Å². The van der Waals surface area contributed by atoms with Crippen molar-refractivity contribution >= 4 is 0 Å². The Kier molecular flexibility index (Phi) is 2.72. The highest BCUT2D eigenvalue weighted by atomic mass is 16.5. The summed E-state index contributed by atoms with van der Waals surface area (Å²) in [6.45, 7) is 10.2. The molecule has 1 saturated heterocycles. The lowest BCUT2D eigenvalue weighted by Crippen LogP contribution is -2.49. The van der Waals surface area contributed by atoms with E-state index in [9.17, 15) is 5.11 Å². The maximum Gasteiger partial charge on any atom is 0.0797 e. The minimum absolute atomic E-state index is 0.0926. The van der Waals surface area contributed by atoms with Crippen LogP contribution < -0.4 is 5.73 Å². The van der Waals surface area contributed by atoms with Gasteiger partial charge in [-0.05, 0) is 41.0 Å². The van der Waals surface area contributed by atoms with E-state index in [1.807, 2.05) is 13.8 Å². The van der Waals surface area contributed by atoms with E-state index in [-0.39, 0.29) is 23.7 Å². The zero-order chi connectivity index (χ0) is 11.2. The largest absolute Gasteiger partial charge is 0.388 e. The smallest absolute Gasteiger partial charge is 0.0797 e. The van der Waals surface area contributed by atoms with Crippen LogP contribution in [0.1, 0.15) is 41.0 Å². The maximum absolute atomic E-state index is 10.2. The Morgan fingerprint density at radius 2 is 1.93 bits per heavy atom. The van der Waals surface area contributed by atoms with E-state index in [0.29, 0.717) is 0 Å². The Balaban J connectivity index is 2.91. The molecule has 0 aliphatic carbocycles. The lowest BCUT2D eigenvalue weighted by atomic mass is 9.75. The first kappa shape index (κ1) is 12.0. The molecule has 1 aliphatic heterocycles. The standard InChI is InChI=1S/C11H23NO2/c1-9(2)6-8(10(3,4)14-9)11(5,13)7-12/h8,13H,6-7,12H2,1-5H3. The van der Waals surface area contributed by atoms with E-state index in [0.717, 1.165) is 6.42 Å². The van der Waals surface area contributed by atoms with Crippen LogP contribution in [0.15, 0.2) is 0 Å². The molecule has 1 aliphatic rings. The first-order valence-electron chi connectivity index (χ1n) is 5.23. The molecule has 2 atom stereocenters. The van der Waals surface area contributed by atoms with Crippen molar-refractivity contribution in [3.8, 4) is 0 Å². The van der Waals surface area contributed by atoms with Crippen LogP contribution >= 0.6 is 0 Å². The van der Waals surface area contributed by atoms with Crippen LogP contribution in [0.2, 0.25) is 0 Å². The Morgan fingerprint density at radius 1 is 1.43 bits per heavy atom. The molecule has 14 heavy (non-hydrogen) atoms. The molecule has 2 unspecified atom stereocenters. The van der Waals surface area contributed by atoms with Crippen LogP contribution in [-0.2, 0) is 4.74 Å². The molecule has 3 heteroatoms. The first-order valence-corrected chi connectivity index (χ1v) is 5.23. The molecule has 0 amide bonds. The summed E-state index contributed by atoms with van der Waals surface area (Å²) in [6, 6.07) is 0. The van der Waals surface area contributed by atoms with Crippen molar-refractivity contribution in [3.05, 3.63) is 0 Å². The third kappa shape index (κ3) is 2.10. The number of rotatable bonds is 2. The van der Waals surface area contributed by atoms with E-state index < -0.39 is 5.60 Å². The molecular formula is C11H23NO2. The van der Waals surface area contributed by atoms with Crippen molar-refractivity contribution in [1.82, 2.24) is 0 Å². The van der Waals surface area contributed by atoms with Gasteiger partial charge in [-0.15, -0.1) is 0 Å². The summed E-state index contributed by atoms with van der Waals surface area (Å²) >= 11 is 0. The van der Waals surface area contributed by atoms with Gasteiger partial charge in [-0.25, -0.2) is 0 Å². The van der Waals surface area contributed by atoms with Gasteiger partial charge in [-0.2, -0.15) is 0 Å². The van der Waals surface area contributed by atoms with Gasteiger partial charge in [0.1, 0.15) is 0 Å². The lowest BCUT2D eigenvalue weighted by Gasteiger charge is -2.36. The average Bonchev–Trinajstić information content (AvgIpc) is 2.19. The predicted molar refractivity (Wildman–Crippen MR) is 57.0 cm³/mol. The number of nitrogens with two attached hydrogens (primary N) is 1. The van der Waals surface area contributed by atoms with Gasteiger partial charge in [0.05, 0.1) is 16.8 Å². The quantitative estimate of drug-likeness (QED) is 0.708. The summed E-state index contributed by atoms with van der Waals surface area (Å²) in [5.74, 6) is 0.0926. The first-order chi connectivity index (χ1) is 6.11. The van der Waals surface area contributed by atoms with Crippen molar-refractivity contribution in [2.45, 2.75) is 57.8 Å². The average molecular weight is 201 g/mol. The van der Waals surface area contributed by atoms with Crippen LogP contribution in [0.25, 0.3) is 0 Å². The summed E-state index contributed by atoms with van der Waals surface area (Å²) < 4.78 is 5.92. The van der Waals surface area contributed by atoms with Crippen molar-refractivity contribution in [2.75, 3.05) is 6.54 Å². The van der Waals surface area contributed by atoms with Crippen LogP contribution in [0, 0.1) is 5.92 Å².